The van der Waals surface area contributed by atoms with Gasteiger partial charge < -0.3 is 10.2 Å². The van der Waals surface area contributed by atoms with Gasteiger partial charge in [0.2, 0.25) is 5.91 Å². The van der Waals surface area contributed by atoms with Gasteiger partial charge in [0.15, 0.2) is 0 Å². The van der Waals surface area contributed by atoms with Crippen molar-refractivity contribution < 1.29 is 4.79 Å². The first kappa shape index (κ1) is 21.1. The maximum absolute atomic E-state index is 12.6. The van der Waals surface area contributed by atoms with Gasteiger partial charge in [0, 0.05) is 28.7 Å². The zero-order valence-electron chi connectivity index (χ0n) is 16.8. The summed E-state index contributed by atoms with van der Waals surface area (Å²) >= 11 is 7.47. The first-order valence-electron chi connectivity index (χ1n) is 10.00. The molecule has 1 fully saturated rings. The van der Waals surface area contributed by atoms with E-state index in [0.29, 0.717) is 5.02 Å². The third kappa shape index (κ3) is 5.68. The Balaban J connectivity index is 1.55. The highest BCUT2D eigenvalue weighted by Gasteiger charge is 2.19. The van der Waals surface area contributed by atoms with Crippen molar-refractivity contribution >= 4 is 35.0 Å². The molecule has 2 aromatic rings. The molecule has 3 nitrogen and oxygen atoms in total. The summed E-state index contributed by atoms with van der Waals surface area (Å²) in [5.74, 6) is 0.799. The van der Waals surface area contributed by atoms with Crippen LogP contribution in [0.5, 0.6) is 0 Å². The lowest BCUT2D eigenvalue weighted by atomic mass is 9.99. The van der Waals surface area contributed by atoms with Gasteiger partial charge in [-0.2, -0.15) is 0 Å². The number of hydrogen-bond acceptors (Lipinski definition) is 3. The largest absolute Gasteiger partial charge is 0.371 e. The van der Waals surface area contributed by atoms with Crippen molar-refractivity contribution in [3.8, 4) is 0 Å². The molecule has 0 aliphatic carbocycles. The average molecular weight is 417 g/mol. The van der Waals surface area contributed by atoms with Gasteiger partial charge in [-0.05, 0) is 74.6 Å². The van der Waals surface area contributed by atoms with Gasteiger partial charge in [-0.3, -0.25) is 4.79 Å². The number of nitrogens with zero attached hydrogens (tertiary/aromatic N) is 1. The van der Waals surface area contributed by atoms with E-state index >= 15 is 0 Å². The lowest BCUT2D eigenvalue weighted by Gasteiger charge is -2.33. The van der Waals surface area contributed by atoms with E-state index in [2.05, 4.69) is 41.4 Å². The van der Waals surface area contributed by atoms with Gasteiger partial charge in [0.1, 0.15) is 0 Å². The molecule has 0 saturated carbocycles. The van der Waals surface area contributed by atoms with Crippen molar-refractivity contribution in [1.82, 2.24) is 5.32 Å². The van der Waals surface area contributed by atoms with Crippen LogP contribution in [0.1, 0.15) is 45.2 Å². The molecule has 150 valence electrons. The molecular weight excluding hydrogens is 388 g/mol. The number of thioether (sulfide) groups is 1. The number of hydrogen-bond donors (Lipinski definition) is 1. The highest BCUT2D eigenvalue weighted by molar-refractivity contribution is 8.00. The molecule has 0 spiro atoms. The fourth-order valence-electron chi connectivity index (χ4n) is 3.58. The molecule has 2 aromatic carbocycles. The monoisotopic (exact) mass is 416 g/mol. The van der Waals surface area contributed by atoms with Crippen LogP contribution in [0.25, 0.3) is 0 Å². The molecule has 1 heterocycles. The second-order valence-corrected chi connectivity index (χ2v) is 9.58. The van der Waals surface area contributed by atoms with E-state index in [1.54, 1.807) is 11.8 Å². The molecule has 0 radical (unpaired) electrons. The molecular formula is C23H29ClN2OS. The molecule has 3 rings (SSSR count). The van der Waals surface area contributed by atoms with Gasteiger partial charge in [0.25, 0.3) is 0 Å². The van der Waals surface area contributed by atoms with Crippen molar-refractivity contribution in [2.45, 2.75) is 49.8 Å². The van der Waals surface area contributed by atoms with Crippen molar-refractivity contribution in [1.29, 1.82) is 0 Å². The van der Waals surface area contributed by atoms with Crippen LogP contribution in [-0.2, 0) is 4.79 Å². The molecule has 1 aliphatic rings. The van der Waals surface area contributed by atoms with E-state index in [-0.39, 0.29) is 17.2 Å². The Hall–Kier alpha value is -1.65. The van der Waals surface area contributed by atoms with Crippen LogP contribution in [0, 0.1) is 5.92 Å². The van der Waals surface area contributed by atoms with E-state index in [0.717, 1.165) is 29.5 Å². The SMILES string of the molecule is CC1CCCN(c2ccc(C(C)NC(=O)C(C)Sc3ccc(Cl)cc3)cc2)C1. The minimum atomic E-state index is -0.169. The van der Waals surface area contributed by atoms with Gasteiger partial charge in [-0.1, -0.05) is 30.7 Å². The second kappa shape index (κ2) is 9.71. The first-order chi connectivity index (χ1) is 13.4. The molecule has 1 aliphatic heterocycles. The third-order valence-electron chi connectivity index (χ3n) is 5.27. The van der Waals surface area contributed by atoms with Crippen LogP contribution in [0.2, 0.25) is 5.02 Å². The number of rotatable bonds is 6. The average Bonchev–Trinajstić information content (AvgIpc) is 2.69. The number of piperidine rings is 1. The fraction of sp³-hybridized carbons (Fsp3) is 0.435. The molecule has 3 unspecified atom stereocenters. The summed E-state index contributed by atoms with van der Waals surface area (Å²) in [7, 11) is 0. The molecule has 1 amide bonds. The predicted octanol–water partition coefficient (Wildman–Crippen LogP) is 5.93. The van der Waals surface area contributed by atoms with Crippen molar-refractivity contribution in [2.75, 3.05) is 18.0 Å². The van der Waals surface area contributed by atoms with E-state index < -0.39 is 0 Å². The van der Waals surface area contributed by atoms with Crippen LogP contribution in [0.15, 0.2) is 53.4 Å². The number of carbonyl (C=O) groups excluding carboxylic acids is 1. The van der Waals surface area contributed by atoms with Crippen LogP contribution in [0.4, 0.5) is 5.69 Å². The van der Waals surface area contributed by atoms with Crippen molar-refractivity contribution in [3.63, 3.8) is 0 Å². The third-order valence-corrected chi connectivity index (χ3v) is 6.63. The minimum absolute atomic E-state index is 0.0184. The molecule has 1 saturated heterocycles. The summed E-state index contributed by atoms with van der Waals surface area (Å²) in [6.07, 6.45) is 2.59. The van der Waals surface area contributed by atoms with Gasteiger partial charge in [-0.15, -0.1) is 11.8 Å². The highest BCUT2D eigenvalue weighted by Crippen LogP contribution is 2.27. The van der Waals surface area contributed by atoms with E-state index in [1.165, 1.54) is 18.5 Å². The predicted molar refractivity (Wildman–Crippen MR) is 120 cm³/mol. The molecule has 1 N–H and O–H groups in total. The smallest absolute Gasteiger partial charge is 0.233 e. The lowest BCUT2D eigenvalue weighted by Crippen LogP contribution is -2.34. The summed E-state index contributed by atoms with van der Waals surface area (Å²) < 4.78 is 0. The molecule has 0 bridgehead atoms. The van der Waals surface area contributed by atoms with Crippen LogP contribution in [0.3, 0.4) is 0 Å². The van der Waals surface area contributed by atoms with E-state index in [9.17, 15) is 4.79 Å². The van der Waals surface area contributed by atoms with Crippen molar-refractivity contribution in [2.24, 2.45) is 5.92 Å². The molecule has 5 heteroatoms. The highest BCUT2D eigenvalue weighted by atomic mass is 35.5. The Morgan fingerprint density at radius 2 is 1.82 bits per heavy atom. The number of carbonyl (C=O) groups is 1. The Bertz CT molecular complexity index is 778. The van der Waals surface area contributed by atoms with E-state index in [4.69, 9.17) is 11.6 Å². The maximum atomic E-state index is 12.6. The Morgan fingerprint density at radius 1 is 1.14 bits per heavy atom. The number of anilines is 1. The number of nitrogens with one attached hydrogen (secondary N) is 1. The lowest BCUT2D eigenvalue weighted by molar-refractivity contribution is -0.120. The summed E-state index contributed by atoms with van der Waals surface area (Å²) in [5.41, 5.74) is 2.41. The van der Waals surface area contributed by atoms with E-state index in [1.807, 2.05) is 38.1 Å². The summed E-state index contributed by atoms with van der Waals surface area (Å²) in [5, 5.41) is 3.67. The van der Waals surface area contributed by atoms with Gasteiger partial charge in [-0.25, -0.2) is 0 Å². The van der Waals surface area contributed by atoms with Gasteiger partial charge >= 0.3 is 0 Å². The summed E-state index contributed by atoms with van der Waals surface area (Å²) in [6.45, 7) is 8.55. The fourth-order valence-corrected chi connectivity index (χ4v) is 4.59. The molecule has 28 heavy (non-hydrogen) atoms. The number of benzene rings is 2. The first-order valence-corrected chi connectivity index (χ1v) is 11.3. The number of amides is 1. The normalized spacial score (nSPS) is 19.1. The van der Waals surface area contributed by atoms with Gasteiger partial charge in [0.05, 0.1) is 11.3 Å². The molecule has 0 aromatic heterocycles. The topological polar surface area (TPSA) is 32.3 Å². The van der Waals surface area contributed by atoms with Crippen molar-refractivity contribution in [3.05, 3.63) is 59.1 Å². The molecule has 3 atom stereocenters. The van der Waals surface area contributed by atoms with Crippen LogP contribution < -0.4 is 10.2 Å². The second-order valence-electron chi connectivity index (χ2n) is 7.73. The standard InChI is InChI=1S/C23H29ClN2OS/c1-16-5-4-14-26(15-16)21-10-6-19(7-11-21)17(2)25-23(27)18(3)28-22-12-8-20(24)9-13-22/h6-13,16-18H,4-5,14-15H2,1-3H3,(H,25,27). The number of halogens is 1. The maximum Gasteiger partial charge on any atom is 0.233 e. The van der Waals surface area contributed by atoms with Crippen LogP contribution in [-0.4, -0.2) is 24.2 Å². The van der Waals surface area contributed by atoms with Crippen LogP contribution >= 0.6 is 23.4 Å². The Kier molecular flexibility index (Phi) is 7.30. The summed E-state index contributed by atoms with van der Waals surface area (Å²) in [6, 6.07) is 16.2. The quantitative estimate of drug-likeness (QED) is 0.592. The zero-order valence-corrected chi connectivity index (χ0v) is 18.4. The minimum Gasteiger partial charge on any atom is -0.371 e. The Morgan fingerprint density at radius 3 is 2.46 bits per heavy atom. The Labute approximate surface area is 177 Å². The zero-order chi connectivity index (χ0) is 20.1. The summed E-state index contributed by atoms with van der Waals surface area (Å²) in [4.78, 5) is 16.1.